The molecule has 0 aliphatic carbocycles. The first-order chi connectivity index (χ1) is 14.0. The Morgan fingerprint density at radius 1 is 1.13 bits per heavy atom. The van der Waals surface area contributed by atoms with Crippen molar-refractivity contribution in [1.82, 2.24) is 10.4 Å². The molecule has 1 aliphatic rings. The summed E-state index contributed by atoms with van der Waals surface area (Å²) < 4.78 is 9.93. The van der Waals surface area contributed by atoms with Crippen molar-refractivity contribution >= 4 is 29.8 Å². The summed E-state index contributed by atoms with van der Waals surface area (Å²) >= 11 is 0. The van der Waals surface area contributed by atoms with Gasteiger partial charge in [0.15, 0.2) is 0 Å². The Kier molecular flexibility index (Phi) is 6.93. The third-order valence-electron chi connectivity index (χ3n) is 3.64. The van der Waals surface area contributed by atoms with E-state index in [9.17, 15) is 24.0 Å². The Bertz CT molecular complexity index is 852. The minimum Gasteiger partial charge on any atom is -0.460 e. The molecule has 1 atom stereocenters. The molecule has 2 rings (SSSR count). The SMILES string of the molecule is C=CCOC(=O)[C@H](CC(=O)ON1C(=O)c2ccccc2C1=O)NC(=O)OC(C)(C)C. The van der Waals surface area contributed by atoms with Crippen LogP contribution in [0.1, 0.15) is 47.9 Å². The highest BCUT2D eigenvalue weighted by Crippen LogP contribution is 2.23. The molecule has 0 spiro atoms. The van der Waals surface area contributed by atoms with E-state index in [0.717, 1.165) is 0 Å². The van der Waals surface area contributed by atoms with Crippen LogP contribution in [0.15, 0.2) is 36.9 Å². The smallest absolute Gasteiger partial charge is 0.408 e. The van der Waals surface area contributed by atoms with Crippen molar-refractivity contribution < 1.29 is 38.3 Å². The number of amides is 3. The lowest BCUT2D eigenvalue weighted by atomic mass is 10.1. The van der Waals surface area contributed by atoms with E-state index in [1.807, 2.05) is 0 Å². The zero-order chi connectivity index (χ0) is 22.5. The van der Waals surface area contributed by atoms with Gasteiger partial charge in [-0.1, -0.05) is 29.9 Å². The highest BCUT2D eigenvalue weighted by Gasteiger charge is 2.39. The van der Waals surface area contributed by atoms with Crippen LogP contribution in [0.2, 0.25) is 0 Å². The Labute approximate surface area is 172 Å². The van der Waals surface area contributed by atoms with Crippen LogP contribution < -0.4 is 5.32 Å². The first-order valence-corrected chi connectivity index (χ1v) is 8.99. The van der Waals surface area contributed by atoms with Crippen LogP contribution in [-0.4, -0.2) is 53.2 Å². The molecular formula is C20H22N2O8. The van der Waals surface area contributed by atoms with Crippen molar-refractivity contribution in [2.24, 2.45) is 0 Å². The van der Waals surface area contributed by atoms with Gasteiger partial charge in [-0.15, -0.1) is 0 Å². The fourth-order valence-corrected chi connectivity index (χ4v) is 2.44. The maximum atomic E-state index is 12.3. The standard InChI is InChI=1S/C20H22N2O8/c1-5-10-28-18(26)14(21-19(27)29-20(2,3)4)11-15(23)30-22-16(24)12-8-6-7-9-13(12)17(22)25/h5-9,14H,1,10-11H2,2-4H3,(H,21,27)/t14-/m0/s1. The number of carbonyl (C=O) groups excluding carboxylic acids is 5. The first-order valence-electron chi connectivity index (χ1n) is 8.99. The summed E-state index contributed by atoms with van der Waals surface area (Å²) in [7, 11) is 0. The van der Waals surface area contributed by atoms with Crippen LogP contribution in [0.25, 0.3) is 0 Å². The average Bonchev–Trinajstić information content (AvgIpc) is 2.89. The van der Waals surface area contributed by atoms with E-state index in [0.29, 0.717) is 5.06 Å². The summed E-state index contributed by atoms with van der Waals surface area (Å²) in [6, 6.07) is 4.49. The van der Waals surface area contributed by atoms with E-state index < -0.39 is 47.9 Å². The second-order valence-corrected chi connectivity index (χ2v) is 7.24. The van der Waals surface area contributed by atoms with Crippen LogP contribution in [0.5, 0.6) is 0 Å². The number of alkyl carbamates (subject to hydrolysis) is 1. The molecule has 1 aromatic carbocycles. The molecule has 0 unspecified atom stereocenters. The molecule has 30 heavy (non-hydrogen) atoms. The van der Waals surface area contributed by atoms with Gasteiger partial charge >= 0.3 is 18.0 Å². The minimum absolute atomic E-state index is 0.0872. The van der Waals surface area contributed by atoms with Gasteiger partial charge in [0.05, 0.1) is 17.5 Å². The third-order valence-corrected chi connectivity index (χ3v) is 3.64. The highest BCUT2D eigenvalue weighted by molar-refractivity contribution is 6.20. The van der Waals surface area contributed by atoms with Gasteiger partial charge < -0.3 is 19.6 Å². The lowest BCUT2D eigenvalue weighted by Gasteiger charge is -2.22. The van der Waals surface area contributed by atoms with Crippen LogP contribution in [0.4, 0.5) is 4.79 Å². The number of esters is 1. The zero-order valence-electron chi connectivity index (χ0n) is 16.8. The van der Waals surface area contributed by atoms with Crippen molar-refractivity contribution in [3.63, 3.8) is 0 Å². The molecule has 0 aromatic heterocycles. The molecule has 0 saturated carbocycles. The Balaban J connectivity index is 2.07. The first kappa shape index (κ1) is 22.6. The van der Waals surface area contributed by atoms with Gasteiger partial charge in [0.2, 0.25) is 0 Å². The molecule has 1 N–H and O–H groups in total. The topological polar surface area (TPSA) is 128 Å². The van der Waals surface area contributed by atoms with Gasteiger partial charge in [-0.3, -0.25) is 9.59 Å². The predicted octanol–water partition coefficient (Wildman–Crippen LogP) is 1.75. The number of nitrogens with one attached hydrogen (secondary N) is 1. The van der Waals surface area contributed by atoms with Crippen molar-refractivity contribution in [3.05, 3.63) is 48.0 Å². The second-order valence-electron chi connectivity index (χ2n) is 7.24. The summed E-state index contributed by atoms with van der Waals surface area (Å²) in [6.07, 6.45) is -0.362. The maximum Gasteiger partial charge on any atom is 0.408 e. The quantitative estimate of drug-likeness (QED) is 0.403. The molecule has 1 aromatic rings. The number of ether oxygens (including phenoxy) is 2. The Morgan fingerprint density at radius 3 is 2.20 bits per heavy atom. The number of nitrogens with zero attached hydrogens (tertiary/aromatic N) is 1. The van der Waals surface area contributed by atoms with Crippen molar-refractivity contribution in [2.75, 3.05) is 6.61 Å². The van der Waals surface area contributed by atoms with Crippen LogP contribution in [0, 0.1) is 0 Å². The fourth-order valence-electron chi connectivity index (χ4n) is 2.44. The number of fused-ring (bicyclic) bond motifs is 1. The van der Waals surface area contributed by atoms with E-state index in [1.165, 1.54) is 18.2 Å². The molecule has 1 aliphatic heterocycles. The average molecular weight is 418 g/mol. The van der Waals surface area contributed by atoms with Crippen molar-refractivity contribution in [3.8, 4) is 0 Å². The minimum atomic E-state index is -1.47. The normalized spacial score (nSPS) is 13.9. The van der Waals surface area contributed by atoms with Crippen molar-refractivity contribution in [2.45, 2.75) is 38.8 Å². The summed E-state index contributed by atoms with van der Waals surface area (Å²) in [6.45, 7) is 8.11. The fraction of sp³-hybridized carbons (Fsp3) is 0.350. The zero-order valence-corrected chi connectivity index (χ0v) is 16.8. The summed E-state index contributed by atoms with van der Waals surface area (Å²) in [4.78, 5) is 65.9. The van der Waals surface area contributed by atoms with Crippen LogP contribution >= 0.6 is 0 Å². The molecule has 0 bridgehead atoms. The molecule has 1 heterocycles. The largest absolute Gasteiger partial charge is 0.460 e. The number of hydrogen-bond acceptors (Lipinski definition) is 8. The lowest BCUT2D eigenvalue weighted by Crippen LogP contribution is -2.46. The maximum absolute atomic E-state index is 12.3. The molecule has 3 amide bonds. The van der Waals surface area contributed by atoms with E-state index >= 15 is 0 Å². The molecule has 10 heteroatoms. The predicted molar refractivity (Wildman–Crippen MR) is 102 cm³/mol. The molecule has 10 nitrogen and oxygen atoms in total. The number of imide groups is 1. The third kappa shape index (κ3) is 5.66. The van der Waals surface area contributed by atoms with Crippen LogP contribution in [-0.2, 0) is 23.9 Å². The summed E-state index contributed by atoms with van der Waals surface area (Å²) in [5.41, 5.74) is -0.673. The summed E-state index contributed by atoms with van der Waals surface area (Å²) in [5, 5.41) is 2.53. The van der Waals surface area contributed by atoms with Gasteiger partial charge in [-0.25, -0.2) is 14.4 Å². The van der Waals surface area contributed by atoms with E-state index in [2.05, 4.69) is 11.9 Å². The van der Waals surface area contributed by atoms with E-state index in [-0.39, 0.29) is 17.7 Å². The molecule has 0 radical (unpaired) electrons. The van der Waals surface area contributed by atoms with Crippen LogP contribution in [0.3, 0.4) is 0 Å². The Hall–Kier alpha value is -3.69. The van der Waals surface area contributed by atoms with Gasteiger partial charge in [0.1, 0.15) is 18.2 Å². The monoisotopic (exact) mass is 418 g/mol. The molecule has 0 saturated heterocycles. The van der Waals surface area contributed by atoms with E-state index in [1.54, 1.807) is 32.9 Å². The second kappa shape index (κ2) is 9.21. The lowest BCUT2D eigenvalue weighted by molar-refractivity contribution is -0.170. The number of hydroxylamine groups is 2. The number of carbonyl (C=O) groups is 5. The van der Waals surface area contributed by atoms with E-state index in [4.69, 9.17) is 14.3 Å². The van der Waals surface area contributed by atoms with Gasteiger partial charge in [-0.2, -0.15) is 0 Å². The van der Waals surface area contributed by atoms with Gasteiger partial charge in [0.25, 0.3) is 11.8 Å². The number of benzene rings is 1. The van der Waals surface area contributed by atoms with Crippen molar-refractivity contribution in [1.29, 1.82) is 0 Å². The summed E-state index contributed by atoms with van der Waals surface area (Å²) in [5.74, 6) is -3.68. The molecule has 160 valence electrons. The molecule has 0 fully saturated rings. The highest BCUT2D eigenvalue weighted by atomic mass is 16.7. The van der Waals surface area contributed by atoms with Gasteiger partial charge in [0, 0.05) is 0 Å². The molecular weight excluding hydrogens is 396 g/mol. The number of rotatable bonds is 7. The Morgan fingerprint density at radius 2 is 1.70 bits per heavy atom. The number of hydrogen-bond donors (Lipinski definition) is 1. The van der Waals surface area contributed by atoms with Gasteiger partial charge in [-0.05, 0) is 32.9 Å².